The average Bonchev–Trinajstić information content (AvgIpc) is 2.99. The highest BCUT2D eigenvalue weighted by Crippen LogP contribution is 2.25. The molecule has 140 valence electrons. The first-order valence-electron chi connectivity index (χ1n) is 7.15. The van der Waals surface area contributed by atoms with Crippen LogP contribution in [0.2, 0.25) is 0 Å². The molecule has 0 spiro atoms. The minimum absolute atomic E-state index is 0.147. The molecular formula is C14H20F3N5O3. The molecule has 0 aliphatic heterocycles. The van der Waals surface area contributed by atoms with Gasteiger partial charge in [-0.3, -0.25) is 4.68 Å². The van der Waals surface area contributed by atoms with Gasteiger partial charge >= 0.3 is 12.1 Å². The minimum atomic E-state index is -5.08. The van der Waals surface area contributed by atoms with Crippen molar-refractivity contribution >= 4 is 17.6 Å². The number of carbonyl (C=O) groups is 1. The van der Waals surface area contributed by atoms with Crippen LogP contribution in [0.5, 0.6) is 0 Å². The summed E-state index contributed by atoms with van der Waals surface area (Å²) in [5.41, 5.74) is 2.73. The second kappa shape index (κ2) is 7.11. The summed E-state index contributed by atoms with van der Waals surface area (Å²) in [6.07, 6.45) is -5.08. The summed E-state index contributed by atoms with van der Waals surface area (Å²) in [5.74, 6) is -1.67. The molecule has 25 heavy (non-hydrogen) atoms. The van der Waals surface area contributed by atoms with Gasteiger partial charge in [-0.25, -0.2) is 4.79 Å². The molecule has 2 heterocycles. The van der Waals surface area contributed by atoms with Crippen LogP contribution in [0.3, 0.4) is 0 Å². The number of carboxylic acids is 1. The third-order valence-corrected chi connectivity index (χ3v) is 3.06. The summed E-state index contributed by atoms with van der Waals surface area (Å²) in [6.45, 7) is 10.0. The number of aryl methyl sites for hydroxylation is 2. The number of nitrogens with one attached hydrogen (secondary N) is 1. The van der Waals surface area contributed by atoms with Gasteiger partial charge in [0.05, 0.1) is 17.1 Å². The fraction of sp³-hybridized carbons (Fsp3) is 0.571. The summed E-state index contributed by atoms with van der Waals surface area (Å²) < 4.78 is 38.8. The molecule has 0 aliphatic carbocycles. The van der Waals surface area contributed by atoms with E-state index in [4.69, 9.17) is 14.4 Å². The molecule has 0 bridgehead atoms. The van der Waals surface area contributed by atoms with Crippen molar-refractivity contribution in [1.82, 2.24) is 19.9 Å². The number of halogens is 3. The molecule has 0 saturated carbocycles. The molecule has 0 fully saturated rings. The number of hydrogen-bond acceptors (Lipinski definition) is 6. The van der Waals surface area contributed by atoms with Crippen molar-refractivity contribution in [2.75, 3.05) is 5.32 Å². The van der Waals surface area contributed by atoms with E-state index in [1.165, 1.54) is 0 Å². The highest BCUT2D eigenvalue weighted by atomic mass is 19.4. The monoisotopic (exact) mass is 363 g/mol. The Labute approximate surface area is 142 Å². The summed E-state index contributed by atoms with van der Waals surface area (Å²) >= 11 is 0. The van der Waals surface area contributed by atoms with Crippen LogP contribution in [0.15, 0.2) is 4.52 Å². The zero-order chi connectivity index (χ0) is 19.6. The molecular weight excluding hydrogens is 343 g/mol. The van der Waals surface area contributed by atoms with Gasteiger partial charge in [-0.2, -0.15) is 23.3 Å². The van der Waals surface area contributed by atoms with Crippen LogP contribution in [0.25, 0.3) is 0 Å². The molecule has 11 heteroatoms. The van der Waals surface area contributed by atoms with E-state index in [1.54, 1.807) is 0 Å². The molecule has 2 N–H and O–H groups in total. The van der Waals surface area contributed by atoms with Crippen LogP contribution >= 0.6 is 0 Å². The van der Waals surface area contributed by atoms with Crippen LogP contribution in [0.4, 0.5) is 24.8 Å². The molecule has 0 radical (unpaired) electrons. The normalized spacial score (nSPS) is 11.7. The predicted molar refractivity (Wildman–Crippen MR) is 82.7 cm³/mol. The van der Waals surface area contributed by atoms with E-state index >= 15 is 0 Å². The Morgan fingerprint density at radius 2 is 1.76 bits per heavy atom. The third kappa shape index (κ3) is 5.47. The maximum Gasteiger partial charge on any atom is 0.490 e. The molecule has 2 aromatic rings. The molecule has 0 aliphatic rings. The second-order valence-corrected chi connectivity index (χ2v) is 6.27. The number of rotatable bonds is 2. The second-order valence-electron chi connectivity index (χ2n) is 6.27. The summed E-state index contributed by atoms with van der Waals surface area (Å²) in [5, 5.41) is 18.5. The number of aromatic nitrogens is 4. The Bertz CT molecular complexity index is 744. The topological polar surface area (TPSA) is 106 Å². The van der Waals surface area contributed by atoms with Crippen molar-refractivity contribution in [2.45, 2.75) is 46.2 Å². The molecule has 2 rings (SSSR count). The fourth-order valence-corrected chi connectivity index (χ4v) is 1.65. The lowest BCUT2D eigenvalue weighted by Gasteiger charge is -2.10. The van der Waals surface area contributed by atoms with Gasteiger partial charge < -0.3 is 14.9 Å². The summed E-state index contributed by atoms with van der Waals surface area (Å²) in [7, 11) is 1.91. The quantitative estimate of drug-likeness (QED) is 0.844. The van der Waals surface area contributed by atoms with Gasteiger partial charge in [0.15, 0.2) is 0 Å². The summed E-state index contributed by atoms with van der Waals surface area (Å²) in [6, 6.07) is 0. The first kappa shape index (κ1) is 20.5. The van der Waals surface area contributed by atoms with Crippen molar-refractivity contribution < 1.29 is 27.6 Å². The maximum atomic E-state index is 10.6. The average molecular weight is 363 g/mol. The highest BCUT2D eigenvalue weighted by Gasteiger charge is 2.38. The van der Waals surface area contributed by atoms with Crippen LogP contribution < -0.4 is 5.32 Å². The molecule has 0 atom stereocenters. The fourth-order valence-electron chi connectivity index (χ4n) is 1.65. The van der Waals surface area contributed by atoms with Gasteiger partial charge in [0.1, 0.15) is 0 Å². The Morgan fingerprint density at radius 3 is 2.08 bits per heavy atom. The van der Waals surface area contributed by atoms with Gasteiger partial charge in [-0.1, -0.05) is 20.8 Å². The van der Waals surface area contributed by atoms with E-state index < -0.39 is 12.1 Å². The minimum Gasteiger partial charge on any atom is -0.475 e. The van der Waals surface area contributed by atoms with E-state index in [2.05, 4.69) is 20.6 Å². The van der Waals surface area contributed by atoms with Crippen molar-refractivity contribution in [3.8, 4) is 0 Å². The van der Waals surface area contributed by atoms with E-state index in [0.717, 1.165) is 17.1 Å². The number of carboxylic acid groups (broad SMARTS) is 1. The van der Waals surface area contributed by atoms with Gasteiger partial charge in [0.2, 0.25) is 5.89 Å². The van der Waals surface area contributed by atoms with Crippen molar-refractivity contribution in [3.05, 3.63) is 17.3 Å². The van der Waals surface area contributed by atoms with Gasteiger partial charge in [-0.05, 0) is 19.0 Å². The SMILES string of the molecule is Cc1nn(C)c(C)c1Nc1noc(C(C)(C)C)n1.O=C(O)C(F)(F)F. The molecule has 2 aromatic heterocycles. The Balaban J connectivity index is 0.000000381. The zero-order valence-corrected chi connectivity index (χ0v) is 14.7. The molecule has 0 amide bonds. The van der Waals surface area contributed by atoms with Crippen molar-refractivity contribution in [1.29, 1.82) is 0 Å². The number of hydrogen-bond donors (Lipinski definition) is 2. The maximum absolute atomic E-state index is 10.6. The standard InChI is InChI=1S/C12H19N5O.C2HF3O2/c1-7-9(8(2)17(6)15-7)13-11-14-10(18-16-11)12(3,4)5;3-2(4,5)1(6)7/h1-6H3,(H,13,16);(H,6,7). The first-order valence-corrected chi connectivity index (χ1v) is 7.15. The molecule has 0 unspecified atom stereocenters. The smallest absolute Gasteiger partial charge is 0.475 e. The van der Waals surface area contributed by atoms with Crippen LogP contribution in [0.1, 0.15) is 38.0 Å². The zero-order valence-electron chi connectivity index (χ0n) is 14.7. The van der Waals surface area contributed by atoms with Gasteiger partial charge in [0, 0.05) is 12.5 Å². The van der Waals surface area contributed by atoms with Crippen LogP contribution in [0, 0.1) is 13.8 Å². The molecule has 8 nitrogen and oxygen atoms in total. The number of anilines is 2. The molecule has 0 aromatic carbocycles. The predicted octanol–water partition coefficient (Wildman–Crippen LogP) is 3.09. The van der Waals surface area contributed by atoms with Crippen LogP contribution in [-0.4, -0.2) is 37.2 Å². The van der Waals surface area contributed by atoms with Crippen molar-refractivity contribution in [2.24, 2.45) is 7.05 Å². The van der Waals surface area contributed by atoms with E-state index in [-0.39, 0.29) is 5.41 Å². The van der Waals surface area contributed by atoms with Gasteiger partial charge in [0.25, 0.3) is 5.95 Å². The Kier molecular flexibility index (Phi) is 5.82. The van der Waals surface area contributed by atoms with Crippen molar-refractivity contribution in [3.63, 3.8) is 0 Å². The lowest BCUT2D eigenvalue weighted by atomic mass is 9.97. The number of aliphatic carboxylic acids is 1. The van der Waals surface area contributed by atoms with E-state index in [1.807, 2.05) is 46.3 Å². The largest absolute Gasteiger partial charge is 0.490 e. The van der Waals surface area contributed by atoms with Gasteiger partial charge in [-0.15, -0.1) is 0 Å². The number of nitrogens with zero attached hydrogens (tertiary/aromatic N) is 4. The van der Waals surface area contributed by atoms with E-state index in [9.17, 15) is 13.2 Å². The first-order chi connectivity index (χ1) is 11.2. The lowest BCUT2D eigenvalue weighted by molar-refractivity contribution is -0.192. The number of alkyl halides is 3. The lowest BCUT2D eigenvalue weighted by Crippen LogP contribution is -2.21. The Morgan fingerprint density at radius 1 is 1.24 bits per heavy atom. The third-order valence-electron chi connectivity index (χ3n) is 3.06. The summed E-state index contributed by atoms with van der Waals surface area (Å²) in [4.78, 5) is 13.2. The molecule has 0 saturated heterocycles. The van der Waals surface area contributed by atoms with Crippen LogP contribution in [-0.2, 0) is 17.3 Å². The van der Waals surface area contributed by atoms with E-state index in [0.29, 0.717) is 11.8 Å². The highest BCUT2D eigenvalue weighted by molar-refractivity contribution is 5.73. The Hall–Kier alpha value is -2.59.